The summed E-state index contributed by atoms with van der Waals surface area (Å²) in [5.41, 5.74) is 0.0376. The standard InChI is InChI=1S/C22H16ClF3N6O3/c1-34-19-15(20(33)35-2)8-12(10-27-19)16-11-28-21(29-14-5-3-4-13(23)9-14)30-18(16)32-7-6-17(31-32)22(24,25)26/h3-11H,1-2H3,(H,28,29,30). The Labute approximate surface area is 201 Å². The number of carbonyl (C=O) groups is 1. The van der Waals surface area contributed by atoms with Gasteiger partial charge < -0.3 is 14.8 Å². The number of benzene rings is 1. The summed E-state index contributed by atoms with van der Waals surface area (Å²) in [7, 11) is 2.53. The predicted molar refractivity (Wildman–Crippen MR) is 120 cm³/mol. The van der Waals surface area contributed by atoms with Gasteiger partial charge in [-0.25, -0.2) is 19.4 Å². The molecule has 0 amide bonds. The summed E-state index contributed by atoms with van der Waals surface area (Å²) in [5, 5.41) is 7.04. The Kier molecular flexibility index (Phi) is 6.56. The van der Waals surface area contributed by atoms with Crippen molar-refractivity contribution < 1.29 is 27.4 Å². The molecule has 0 saturated carbocycles. The van der Waals surface area contributed by atoms with E-state index < -0.39 is 17.8 Å². The van der Waals surface area contributed by atoms with Crippen molar-refractivity contribution in [2.75, 3.05) is 19.5 Å². The molecule has 1 aromatic carbocycles. The number of anilines is 2. The van der Waals surface area contributed by atoms with Gasteiger partial charge in [-0.15, -0.1) is 0 Å². The van der Waals surface area contributed by atoms with Crippen LogP contribution in [0.4, 0.5) is 24.8 Å². The van der Waals surface area contributed by atoms with Crippen molar-refractivity contribution in [3.8, 4) is 22.8 Å². The lowest BCUT2D eigenvalue weighted by Crippen LogP contribution is -2.10. The molecule has 0 unspecified atom stereocenters. The predicted octanol–water partition coefficient (Wildman–Crippen LogP) is 4.94. The van der Waals surface area contributed by atoms with Gasteiger partial charge >= 0.3 is 12.1 Å². The van der Waals surface area contributed by atoms with E-state index in [1.165, 1.54) is 32.7 Å². The molecule has 0 atom stereocenters. The number of alkyl halides is 3. The fraction of sp³-hybridized carbons (Fsp3) is 0.136. The number of nitrogens with one attached hydrogen (secondary N) is 1. The van der Waals surface area contributed by atoms with E-state index in [1.807, 2.05) is 0 Å². The fourth-order valence-corrected chi connectivity index (χ4v) is 3.31. The van der Waals surface area contributed by atoms with Gasteiger partial charge in [-0.2, -0.15) is 23.3 Å². The summed E-state index contributed by atoms with van der Waals surface area (Å²) in [6, 6.07) is 8.97. The monoisotopic (exact) mass is 504 g/mol. The van der Waals surface area contributed by atoms with Crippen LogP contribution in [-0.4, -0.2) is 44.9 Å². The first-order valence-corrected chi connectivity index (χ1v) is 10.2. The molecule has 35 heavy (non-hydrogen) atoms. The molecule has 0 bridgehead atoms. The van der Waals surface area contributed by atoms with Gasteiger partial charge in [0.05, 0.1) is 14.2 Å². The van der Waals surface area contributed by atoms with Crippen LogP contribution in [0.2, 0.25) is 5.02 Å². The van der Waals surface area contributed by atoms with E-state index in [9.17, 15) is 18.0 Å². The number of ether oxygens (including phenoxy) is 2. The second kappa shape index (κ2) is 9.58. The van der Waals surface area contributed by atoms with E-state index in [2.05, 4.69) is 25.4 Å². The number of halogens is 4. The second-order valence-electron chi connectivity index (χ2n) is 6.98. The third kappa shape index (κ3) is 5.17. The Morgan fingerprint density at radius 3 is 2.57 bits per heavy atom. The van der Waals surface area contributed by atoms with Crippen molar-refractivity contribution in [3.63, 3.8) is 0 Å². The van der Waals surface area contributed by atoms with Gasteiger partial charge in [0, 0.05) is 40.4 Å². The Morgan fingerprint density at radius 1 is 1.11 bits per heavy atom. The summed E-state index contributed by atoms with van der Waals surface area (Å²) in [4.78, 5) is 24.9. The van der Waals surface area contributed by atoms with Crippen molar-refractivity contribution in [1.82, 2.24) is 24.7 Å². The number of pyridine rings is 1. The maximum atomic E-state index is 13.2. The van der Waals surface area contributed by atoms with Crippen molar-refractivity contribution >= 4 is 29.2 Å². The minimum Gasteiger partial charge on any atom is -0.480 e. The minimum atomic E-state index is -4.65. The van der Waals surface area contributed by atoms with E-state index >= 15 is 0 Å². The van der Waals surface area contributed by atoms with E-state index in [4.69, 9.17) is 21.1 Å². The highest BCUT2D eigenvalue weighted by Crippen LogP contribution is 2.32. The summed E-state index contributed by atoms with van der Waals surface area (Å²) in [5.74, 6) is -0.621. The lowest BCUT2D eigenvalue weighted by atomic mass is 10.1. The second-order valence-corrected chi connectivity index (χ2v) is 7.42. The number of hydrogen-bond donors (Lipinski definition) is 1. The van der Waals surface area contributed by atoms with Crippen LogP contribution < -0.4 is 10.1 Å². The normalized spacial score (nSPS) is 11.3. The van der Waals surface area contributed by atoms with Crippen LogP contribution in [0.25, 0.3) is 16.9 Å². The molecule has 0 aliphatic carbocycles. The maximum Gasteiger partial charge on any atom is 0.435 e. The van der Waals surface area contributed by atoms with Crippen molar-refractivity contribution in [2.24, 2.45) is 0 Å². The largest absolute Gasteiger partial charge is 0.480 e. The molecule has 13 heteroatoms. The lowest BCUT2D eigenvalue weighted by molar-refractivity contribution is -0.141. The third-order valence-electron chi connectivity index (χ3n) is 4.71. The lowest BCUT2D eigenvalue weighted by Gasteiger charge is -2.13. The highest BCUT2D eigenvalue weighted by molar-refractivity contribution is 6.30. The summed E-state index contributed by atoms with van der Waals surface area (Å²) < 4.78 is 50.4. The van der Waals surface area contributed by atoms with Crippen LogP contribution >= 0.6 is 11.6 Å². The molecule has 4 rings (SSSR count). The Bertz CT molecular complexity index is 1390. The van der Waals surface area contributed by atoms with Gasteiger partial charge in [-0.05, 0) is 30.3 Å². The third-order valence-corrected chi connectivity index (χ3v) is 4.94. The first-order valence-electron chi connectivity index (χ1n) is 9.85. The highest BCUT2D eigenvalue weighted by Gasteiger charge is 2.34. The van der Waals surface area contributed by atoms with E-state index in [-0.39, 0.29) is 28.8 Å². The molecular formula is C22H16ClF3N6O3. The molecule has 0 saturated heterocycles. The Morgan fingerprint density at radius 2 is 1.91 bits per heavy atom. The molecule has 1 N–H and O–H groups in total. The number of carbonyl (C=O) groups excluding carboxylic acids is 1. The molecule has 0 fully saturated rings. The average Bonchev–Trinajstić information content (AvgIpc) is 3.34. The van der Waals surface area contributed by atoms with Gasteiger partial charge in [0.25, 0.3) is 0 Å². The van der Waals surface area contributed by atoms with Gasteiger partial charge in [0.2, 0.25) is 11.8 Å². The van der Waals surface area contributed by atoms with Crippen molar-refractivity contribution in [2.45, 2.75) is 6.18 Å². The zero-order chi connectivity index (χ0) is 25.2. The smallest absolute Gasteiger partial charge is 0.435 e. The number of aromatic nitrogens is 5. The molecule has 0 aliphatic heterocycles. The molecule has 3 heterocycles. The Balaban J connectivity index is 1.85. The quantitative estimate of drug-likeness (QED) is 0.368. The van der Waals surface area contributed by atoms with E-state index in [0.717, 1.165) is 16.9 Å². The van der Waals surface area contributed by atoms with E-state index in [0.29, 0.717) is 16.3 Å². The summed E-state index contributed by atoms with van der Waals surface area (Å²) >= 11 is 6.01. The summed E-state index contributed by atoms with van der Waals surface area (Å²) in [6.45, 7) is 0. The van der Waals surface area contributed by atoms with Crippen molar-refractivity contribution in [1.29, 1.82) is 0 Å². The van der Waals surface area contributed by atoms with Crippen LogP contribution in [0.1, 0.15) is 16.1 Å². The van der Waals surface area contributed by atoms with Gasteiger partial charge in [0.15, 0.2) is 11.5 Å². The van der Waals surface area contributed by atoms with Crippen LogP contribution in [0.3, 0.4) is 0 Å². The molecule has 3 aromatic heterocycles. The first-order chi connectivity index (χ1) is 16.7. The number of nitrogens with zero attached hydrogens (tertiary/aromatic N) is 5. The van der Waals surface area contributed by atoms with Gasteiger partial charge in [-0.3, -0.25) is 0 Å². The summed E-state index contributed by atoms with van der Waals surface area (Å²) in [6.07, 6.45) is -0.795. The molecule has 180 valence electrons. The topological polar surface area (TPSA) is 104 Å². The average molecular weight is 505 g/mol. The van der Waals surface area contributed by atoms with Gasteiger partial charge in [-0.1, -0.05) is 17.7 Å². The maximum absolute atomic E-state index is 13.2. The molecule has 0 spiro atoms. The van der Waals surface area contributed by atoms with Crippen LogP contribution in [0.5, 0.6) is 5.88 Å². The highest BCUT2D eigenvalue weighted by atomic mass is 35.5. The van der Waals surface area contributed by atoms with Gasteiger partial charge in [0.1, 0.15) is 5.56 Å². The minimum absolute atomic E-state index is 0.00260. The van der Waals surface area contributed by atoms with Crippen LogP contribution in [0, 0.1) is 0 Å². The zero-order valence-electron chi connectivity index (χ0n) is 18.2. The number of hydrogen-bond acceptors (Lipinski definition) is 8. The SMILES string of the molecule is COC(=O)c1cc(-c2cnc(Nc3cccc(Cl)c3)nc2-n2ccc(C(F)(F)F)n2)cnc1OC. The molecular weight excluding hydrogens is 489 g/mol. The van der Waals surface area contributed by atoms with E-state index in [1.54, 1.807) is 24.3 Å². The zero-order valence-corrected chi connectivity index (χ0v) is 18.9. The van der Waals surface area contributed by atoms with Crippen molar-refractivity contribution in [3.05, 3.63) is 71.3 Å². The number of methoxy groups -OCH3 is 2. The molecule has 4 aromatic rings. The molecule has 0 radical (unpaired) electrons. The molecule has 0 aliphatic rings. The molecule has 9 nitrogen and oxygen atoms in total. The number of esters is 1. The number of rotatable bonds is 6. The fourth-order valence-electron chi connectivity index (χ4n) is 3.12. The van der Waals surface area contributed by atoms with Crippen LogP contribution in [-0.2, 0) is 10.9 Å². The Hall–Kier alpha value is -4.19. The first kappa shape index (κ1) is 24.0. The van der Waals surface area contributed by atoms with Crippen LogP contribution in [0.15, 0.2) is 55.0 Å².